The number of fused-ring (bicyclic) bond motifs is 1. The quantitative estimate of drug-likeness (QED) is 0.435. The summed E-state index contributed by atoms with van der Waals surface area (Å²) >= 11 is 0. The Morgan fingerprint density at radius 1 is 1.00 bits per heavy atom. The number of pyridine rings is 1. The van der Waals surface area contributed by atoms with Crippen molar-refractivity contribution < 1.29 is 9.59 Å². The van der Waals surface area contributed by atoms with Gasteiger partial charge in [0.15, 0.2) is 5.65 Å². The Hall–Kier alpha value is -4.00. The van der Waals surface area contributed by atoms with E-state index in [1.807, 2.05) is 56.4 Å². The van der Waals surface area contributed by atoms with E-state index >= 15 is 0 Å². The Morgan fingerprint density at radius 3 is 2.50 bits per heavy atom. The van der Waals surface area contributed by atoms with E-state index in [1.165, 1.54) is 0 Å². The van der Waals surface area contributed by atoms with Crippen LogP contribution < -0.4 is 10.6 Å². The van der Waals surface area contributed by atoms with Crippen molar-refractivity contribution in [1.29, 1.82) is 0 Å². The number of nitrogens with one attached hydrogen (secondary N) is 2. The summed E-state index contributed by atoms with van der Waals surface area (Å²) in [7, 11) is 1.84. The molecule has 0 unspecified atom stereocenters. The molecule has 0 atom stereocenters. The first-order valence-electron chi connectivity index (χ1n) is 11.6. The first-order chi connectivity index (χ1) is 16.5. The maximum Gasteiger partial charge on any atom is 0.256 e. The minimum absolute atomic E-state index is 0.220. The normalized spacial score (nSPS) is 13.1. The number of carbonyl (C=O) groups is 2. The predicted octanol–water partition coefficient (Wildman–Crippen LogP) is 4.38. The zero-order valence-electron chi connectivity index (χ0n) is 19.3. The number of hydrogen-bond acceptors (Lipinski definition) is 4. The topological polar surface area (TPSA) is 88.9 Å². The zero-order chi connectivity index (χ0) is 23.7. The lowest BCUT2D eigenvalue weighted by atomic mass is 10.1. The molecule has 0 radical (unpaired) electrons. The van der Waals surface area contributed by atoms with Crippen molar-refractivity contribution >= 4 is 28.5 Å². The number of hydrogen-bond donors (Lipinski definition) is 2. The molecule has 7 heteroatoms. The Bertz CT molecular complexity index is 1370. The van der Waals surface area contributed by atoms with Crippen molar-refractivity contribution in [2.75, 3.05) is 11.9 Å². The minimum Gasteiger partial charge on any atom is -0.352 e. The van der Waals surface area contributed by atoms with Crippen molar-refractivity contribution in [1.82, 2.24) is 20.1 Å². The molecule has 2 aromatic heterocycles. The molecule has 0 bridgehead atoms. The van der Waals surface area contributed by atoms with Crippen LogP contribution in [0.25, 0.3) is 11.0 Å². The van der Waals surface area contributed by atoms with Crippen LogP contribution in [0.5, 0.6) is 0 Å². The van der Waals surface area contributed by atoms with Crippen molar-refractivity contribution in [3.8, 4) is 0 Å². The molecule has 4 aromatic rings. The largest absolute Gasteiger partial charge is 0.352 e. The fourth-order valence-corrected chi connectivity index (χ4v) is 4.27. The maximum atomic E-state index is 13.5. The van der Waals surface area contributed by atoms with E-state index in [-0.39, 0.29) is 11.8 Å². The third-order valence-electron chi connectivity index (χ3n) is 6.19. The summed E-state index contributed by atoms with van der Waals surface area (Å²) in [5.74, 6) is -0.0910. The number of rotatable bonds is 7. The molecule has 0 aliphatic heterocycles. The lowest BCUT2D eigenvalue weighted by Gasteiger charge is -2.13. The summed E-state index contributed by atoms with van der Waals surface area (Å²) in [6.07, 6.45) is 2.91. The Labute approximate surface area is 198 Å². The molecule has 172 valence electrons. The molecule has 0 spiro atoms. The SMILES string of the molecule is Cc1nn(C)c2nc(C3CC3)cc(C(=O)Nc3ccccc3C(=O)NCCc3ccccc3)c12. The molecule has 1 saturated carbocycles. The van der Waals surface area contributed by atoms with Crippen molar-refractivity contribution in [2.45, 2.75) is 32.1 Å². The number of carbonyl (C=O) groups excluding carboxylic acids is 2. The molecule has 2 N–H and O–H groups in total. The van der Waals surface area contributed by atoms with E-state index in [2.05, 4.69) is 15.7 Å². The van der Waals surface area contributed by atoms with Crippen LogP contribution in [0, 0.1) is 6.92 Å². The molecule has 7 nitrogen and oxygen atoms in total. The summed E-state index contributed by atoms with van der Waals surface area (Å²) in [6, 6.07) is 19.0. The van der Waals surface area contributed by atoms with Gasteiger partial charge < -0.3 is 10.6 Å². The first kappa shape index (κ1) is 21.8. The van der Waals surface area contributed by atoms with Gasteiger partial charge in [-0.05, 0) is 49.9 Å². The van der Waals surface area contributed by atoms with E-state index in [0.29, 0.717) is 34.9 Å². The van der Waals surface area contributed by atoms with Gasteiger partial charge in [-0.1, -0.05) is 42.5 Å². The molecular weight excluding hydrogens is 426 g/mol. The molecule has 1 aliphatic carbocycles. The van der Waals surface area contributed by atoms with Gasteiger partial charge >= 0.3 is 0 Å². The van der Waals surface area contributed by atoms with E-state index in [9.17, 15) is 9.59 Å². The maximum absolute atomic E-state index is 13.5. The van der Waals surface area contributed by atoms with Gasteiger partial charge in [-0.3, -0.25) is 14.3 Å². The third kappa shape index (κ3) is 4.41. The first-order valence-corrected chi connectivity index (χ1v) is 11.6. The van der Waals surface area contributed by atoms with Gasteiger partial charge in [0, 0.05) is 25.2 Å². The summed E-state index contributed by atoms with van der Waals surface area (Å²) < 4.78 is 1.72. The zero-order valence-corrected chi connectivity index (χ0v) is 19.3. The fourth-order valence-electron chi connectivity index (χ4n) is 4.27. The molecular formula is C27H27N5O2. The van der Waals surface area contributed by atoms with Crippen LogP contribution >= 0.6 is 0 Å². The van der Waals surface area contributed by atoms with Crippen molar-refractivity contribution in [3.63, 3.8) is 0 Å². The van der Waals surface area contributed by atoms with Crippen LogP contribution in [0.2, 0.25) is 0 Å². The van der Waals surface area contributed by atoms with Gasteiger partial charge in [-0.25, -0.2) is 4.98 Å². The van der Waals surface area contributed by atoms with E-state index < -0.39 is 0 Å². The van der Waals surface area contributed by atoms with Gasteiger partial charge in [0.1, 0.15) is 0 Å². The average molecular weight is 454 g/mol. The number of aromatic nitrogens is 3. The molecule has 5 rings (SSSR count). The van der Waals surface area contributed by atoms with Crippen molar-refractivity contribution in [2.24, 2.45) is 7.05 Å². The lowest BCUT2D eigenvalue weighted by molar-refractivity contribution is 0.0955. The number of benzene rings is 2. The highest BCUT2D eigenvalue weighted by atomic mass is 16.2. The van der Waals surface area contributed by atoms with Crippen molar-refractivity contribution in [3.05, 3.63) is 88.7 Å². The number of aryl methyl sites for hydroxylation is 2. The van der Waals surface area contributed by atoms with Crippen LogP contribution in [0.4, 0.5) is 5.69 Å². The summed E-state index contributed by atoms with van der Waals surface area (Å²) in [4.78, 5) is 31.1. The molecule has 34 heavy (non-hydrogen) atoms. The van der Waals surface area contributed by atoms with Gasteiger partial charge in [0.2, 0.25) is 0 Å². The van der Waals surface area contributed by atoms with E-state index in [1.54, 1.807) is 22.9 Å². The standard InChI is InChI=1S/C27H27N5O2/c1-17-24-21(16-23(19-12-13-19)29-25(24)32(2)31-17)27(34)30-22-11-7-6-10-20(22)26(33)28-15-14-18-8-4-3-5-9-18/h3-11,16,19H,12-15H2,1-2H3,(H,28,33)(H,30,34). The van der Waals surface area contributed by atoms with Gasteiger partial charge in [-0.15, -0.1) is 0 Å². The summed E-state index contributed by atoms with van der Waals surface area (Å²) in [5.41, 5.74) is 4.99. The average Bonchev–Trinajstić information content (AvgIpc) is 3.65. The van der Waals surface area contributed by atoms with Crippen LogP contribution in [-0.2, 0) is 13.5 Å². The molecule has 1 aliphatic rings. The second kappa shape index (κ2) is 9.09. The molecule has 0 saturated heterocycles. The number of amides is 2. The smallest absolute Gasteiger partial charge is 0.256 e. The highest BCUT2D eigenvalue weighted by molar-refractivity contribution is 6.14. The summed E-state index contributed by atoms with van der Waals surface area (Å²) in [5, 5.41) is 11.1. The highest BCUT2D eigenvalue weighted by Gasteiger charge is 2.28. The summed E-state index contributed by atoms with van der Waals surface area (Å²) in [6.45, 7) is 2.39. The molecule has 2 amide bonds. The minimum atomic E-state index is -0.269. The Kier molecular flexibility index (Phi) is 5.84. The van der Waals surface area contributed by atoms with Gasteiger partial charge in [-0.2, -0.15) is 5.10 Å². The van der Waals surface area contributed by atoms with Crippen LogP contribution in [0.15, 0.2) is 60.7 Å². The number of para-hydroxylation sites is 1. The second-order valence-corrected chi connectivity index (χ2v) is 8.77. The van der Waals surface area contributed by atoms with Gasteiger partial charge in [0.05, 0.1) is 27.9 Å². The molecule has 1 fully saturated rings. The third-order valence-corrected chi connectivity index (χ3v) is 6.19. The number of anilines is 1. The van der Waals surface area contributed by atoms with Crippen LogP contribution in [0.1, 0.15) is 56.4 Å². The number of nitrogens with zero attached hydrogens (tertiary/aromatic N) is 3. The monoisotopic (exact) mass is 453 g/mol. The molecule has 2 heterocycles. The predicted molar refractivity (Wildman–Crippen MR) is 132 cm³/mol. The molecule has 2 aromatic carbocycles. The van der Waals surface area contributed by atoms with E-state index in [0.717, 1.165) is 41.6 Å². The van der Waals surface area contributed by atoms with Gasteiger partial charge in [0.25, 0.3) is 11.8 Å². The van der Waals surface area contributed by atoms with Crippen LogP contribution in [0.3, 0.4) is 0 Å². The lowest BCUT2D eigenvalue weighted by Crippen LogP contribution is -2.27. The Morgan fingerprint density at radius 2 is 1.74 bits per heavy atom. The van der Waals surface area contributed by atoms with E-state index in [4.69, 9.17) is 4.98 Å². The van der Waals surface area contributed by atoms with Crippen LogP contribution in [-0.4, -0.2) is 33.1 Å². The Balaban J connectivity index is 1.38. The highest BCUT2D eigenvalue weighted by Crippen LogP contribution is 2.40. The second-order valence-electron chi connectivity index (χ2n) is 8.77. The fraction of sp³-hybridized carbons (Fsp3) is 0.259.